The maximum atomic E-state index is 12.3. The summed E-state index contributed by atoms with van der Waals surface area (Å²) >= 11 is 0. The molecule has 1 fully saturated rings. The average molecular weight is 270 g/mol. The Hall–Kier alpha value is -1.26. The zero-order valence-electron chi connectivity index (χ0n) is 12.9. The summed E-state index contributed by atoms with van der Waals surface area (Å²) in [6.45, 7) is 11.9. The molecule has 0 aromatic rings. The summed E-state index contributed by atoms with van der Waals surface area (Å²) in [6, 6.07) is 0.0271. The normalized spacial score (nSPS) is 20.1. The van der Waals surface area contributed by atoms with Crippen molar-refractivity contribution < 1.29 is 14.3 Å². The minimum Gasteiger partial charge on any atom is -0.444 e. The second-order valence-electron chi connectivity index (χ2n) is 7.06. The van der Waals surface area contributed by atoms with Crippen molar-refractivity contribution in [1.82, 2.24) is 10.2 Å². The molecule has 1 heterocycles. The van der Waals surface area contributed by atoms with Gasteiger partial charge >= 0.3 is 6.09 Å². The maximum absolute atomic E-state index is 12.3. The van der Waals surface area contributed by atoms with E-state index in [2.05, 4.69) is 5.32 Å². The topological polar surface area (TPSA) is 58.6 Å². The van der Waals surface area contributed by atoms with Gasteiger partial charge in [-0.15, -0.1) is 0 Å². The smallest absolute Gasteiger partial charge is 0.410 e. The highest BCUT2D eigenvalue weighted by Gasteiger charge is 2.34. The van der Waals surface area contributed by atoms with Gasteiger partial charge in [-0.05, 0) is 48.0 Å². The van der Waals surface area contributed by atoms with Gasteiger partial charge in [-0.1, -0.05) is 0 Å². The molecule has 1 N–H and O–H groups in total. The predicted molar refractivity (Wildman–Crippen MR) is 73.9 cm³/mol. The van der Waals surface area contributed by atoms with Crippen molar-refractivity contribution in [1.29, 1.82) is 0 Å². The summed E-state index contributed by atoms with van der Waals surface area (Å²) in [5.41, 5.74) is -0.852. The van der Waals surface area contributed by atoms with Crippen LogP contribution in [0.5, 0.6) is 0 Å². The number of rotatable bonds is 2. The molecule has 2 amide bonds. The molecule has 1 aliphatic rings. The Kier molecular flexibility index (Phi) is 4.48. The van der Waals surface area contributed by atoms with Crippen LogP contribution in [0.3, 0.4) is 0 Å². The Morgan fingerprint density at radius 2 is 1.89 bits per heavy atom. The van der Waals surface area contributed by atoms with Crippen molar-refractivity contribution >= 4 is 12.0 Å². The van der Waals surface area contributed by atoms with Crippen LogP contribution in [-0.4, -0.2) is 40.6 Å². The van der Waals surface area contributed by atoms with E-state index in [1.54, 1.807) is 4.90 Å². The molecule has 0 spiro atoms. The third kappa shape index (κ3) is 5.09. The minimum absolute atomic E-state index is 0.0271. The van der Waals surface area contributed by atoms with Crippen molar-refractivity contribution in [3.05, 3.63) is 0 Å². The molecule has 0 radical (unpaired) electrons. The molecular weight excluding hydrogens is 244 g/mol. The molecule has 1 saturated heterocycles. The van der Waals surface area contributed by atoms with Gasteiger partial charge < -0.3 is 15.0 Å². The first-order chi connectivity index (χ1) is 8.49. The quantitative estimate of drug-likeness (QED) is 0.837. The highest BCUT2D eigenvalue weighted by atomic mass is 16.6. The first-order valence-corrected chi connectivity index (χ1v) is 6.79. The molecule has 1 aliphatic heterocycles. The predicted octanol–water partition coefficient (Wildman–Crippen LogP) is 2.30. The standard InChI is InChI=1S/C14H26N2O3/c1-13(2,3)16(12(18)19-14(4,5)6)9-10-7-8-11(17)15-10/h10H,7-9H2,1-6H3,(H,15,17)/t10-/m0/s1. The molecular formula is C14H26N2O3. The summed E-state index contributed by atoms with van der Waals surface area (Å²) in [5.74, 6) is 0.0584. The van der Waals surface area contributed by atoms with E-state index in [0.29, 0.717) is 13.0 Å². The van der Waals surface area contributed by atoms with Gasteiger partial charge in [0.25, 0.3) is 0 Å². The van der Waals surface area contributed by atoms with Crippen LogP contribution in [0.4, 0.5) is 4.79 Å². The molecule has 19 heavy (non-hydrogen) atoms. The van der Waals surface area contributed by atoms with Crippen LogP contribution < -0.4 is 5.32 Å². The van der Waals surface area contributed by atoms with Crippen molar-refractivity contribution in [2.75, 3.05) is 6.54 Å². The first kappa shape index (κ1) is 15.8. The number of hydrogen-bond acceptors (Lipinski definition) is 3. The Labute approximate surface area is 115 Å². The van der Waals surface area contributed by atoms with E-state index in [4.69, 9.17) is 4.74 Å². The number of ether oxygens (including phenoxy) is 1. The van der Waals surface area contributed by atoms with E-state index in [1.165, 1.54) is 0 Å². The van der Waals surface area contributed by atoms with Crippen molar-refractivity contribution in [2.24, 2.45) is 0 Å². The SMILES string of the molecule is CC(C)(C)OC(=O)N(C[C@@H]1CCC(=O)N1)C(C)(C)C. The lowest BCUT2D eigenvalue weighted by atomic mass is 10.0. The summed E-state index contributed by atoms with van der Waals surface area (Å²) in [4.78, 5) is 25.2. The van der Waals surface area contributed by atoms with Crippen LogP contribution in [0.15, 0.2) is 0 Å². The molecule has 0 aromatic heterocycles. The van der Waals surface area contributed by atoms with E-state index in [1.807, 2.05) is 41.5 Å². The Morgan fingerprint density at radius 1 is 1.32 bits per heavy atom. The van der Waals surface area contributed by atoms with Crippen LogP contribution >= 0.6 is 0 Å². The van der Waals surface area contributed by atoms with E-state index in [0.717, 1.165) is 6.42 Å². The van der Waals surface area contributed by atoms with Crippen LogP contribution in [0.1, 0.15) is 54.4 Å². The summed E-state index contributed by atoms with van der Waals surface area (Å²) in [6.07, 6.45) is 0.978. The Morgan fingerprint density at radius 3 is 2.26 bits per heavy atom. The summed E-state index contributed by atoms with van der Waals surface area (Å²) in [7, 11) is 0. The van der Waals surface area contributed by atoms with E-state index >= 15 is 0 Å². The number of nitrogens with one attached hydrogen (secondary N) is 1. The van der Waals surface area contributed by atoms with Gasteiger partial charge in [0.05, 0.1) is 0 Å². The third-order valence-corrected chi connectivity index (χ3v) is 2.91. The van der Waals surface area contributed by atoms with Crippen LogP contribution in [0, 0.1) is 0 Å². The second-order valence-corrected chi connectivity index (χ2v) is 7.06. The molecule has 0 aromatic carbocycles. The lowest BCUT2D eigenvalue weighted by Gasteiger charge is -2.38. The lowest BCUT2D eigenvalue weighted by Crippen LogP contribution is -2.52. The Bertz CT molecular complexity index is 353. The lowest BCUT2D eigenvalue weighted by molar-refractivity contribution is -0.119. The maximum Gasteiger partial charge on any atom is 0.410 e. The van der Waals surface area contributed by atoms with Gasteiger partial charge in [-0.2, -0.15) is 0 Å². The molecule has 1 rings (SSSR count). The number of amides is 2. The van der Waals surface area contributed by atoms with Crippen molar-refractivity contribution in [3.63, 3.8) is 0 Å². The Balaban J connectivity index is 2.73. The summed E-state index contributed by atoms with van der Waals surface area (Å²) in [5, 5.41) is 2.89. The van der Waals surface area contributed by atoms with Crippen LogP contribution in [-0.2, 0) is 9.53 Å². The molecule has 0 unspecified atom stereocenters. The molecule has 1 atom stereocenters. The number of hydrogen-bond donors (Lipinski definition) is 1. The molecule has 5 nitrogen and oxygen atoms in total. The fourth-order valence-electron chi connectivity index (χ4n) is 1.97. The van der Waals surface area contributed by atoms with Gasteiger partial charge in [0.2, 0.25) is 5.91 Å². The largest absolute Gasteiger partial charge is 0.444 e. The first-order valence-electron chi connectivity index (χ1n) is 6.79. The van der Waals surface area contributed by atoms with Gasteiger partial charge in [0, 0.05) is 24.5 Å². The van der Waals surface area contributed by atoms with Gasteiger partial charge in [-0.25, -0.2) is 4.79 Å². The fraction of sp³-hybridized carbons (Fsp3) is 0.857. The number of nitrogens with zero attached hydrogens (tertiary/aromatic N) is 1. The number of carbonyl (C=O) groups is 2. The molecule has 5 heteroatoms. The van der Waals surface area contributed by atoms with E-state index < -0.39 is 5.60 Å². The van der Waals surface area contributed by atoms with Gasteiger partial charge in [-0.3, -0.25) is 4.79 Å². The zero-order valence-corrected chi connectivity index (χ0v) is 12.9. The molecule has 0 aliphatic carbocycles. The summed E-state index contributed by atoms with van der Waals surface area (Å²) < 4.78 is 5.44. The highest BCUT2D eigenvalue weighted by Crippen LogP contribution is 2.20. The molecule has 0 saturated carbocycles. The zero-order chi connectivity index (χ0) is 14.8. The van der Waals surface area contributed by atoms with Gasteiger partial charge in [0.15, 0.2) is 0 Å². The van der Waals surface area contributed by atoms with E-state index in [9.17, 15) is 9.59 Å². The van der Waals surface area contributed by atoms with Crippen LogP contribution in [0.2, 0.25) is 0 Å². The van der Waals surface area contributed by atoms with Gasteiger partial charge in [0.1, 0.15) is 5.60 Å². The van der Waals surface area contributed by atoms with Crippen molar-refractivity contribution in [2.45, 2.75) is 71.6 Å². The second kappa shape index (κ2) is 5.39. The highest BCUT2D eigenvalue weighted by molar-refractivity contribution is 5.78. The van der Waals surface area contributed by atoms with Crippen LogP contribution in [0.25, 0.3) is 0 Å². The molecule has 0 bridgehead atoms. The molecule has 110 valence electrons. The number of carbonyl (C=O) groups excluding carboxylic acids is 2. The average Bonchev–Trinajstić information content (AvgIpc) is 2.55. The third-order valence-electron chi connectivity index (χ3n) is 2.91. The van der Waals surface area contributed by atoms with Crippen molar-refractivity contribution in [3.8, 4) is 0 Å². The minimum atomic E-state index is -0.514. The monoisotopic (exact) mass is 270 g/mol. The van der Waals surface area contributed by atoms with E-state index in [-0.39, 0.29) is 23.6 Å². The fourth-order valence-corrected chi connectivity index (χ4v) is 1.97.